The molecule has 0 N–H and O–H groups in total. The molecule has 0 bridgehead atoms. The molecule has 0 amide bonds. The van der Waals surface area contributed by atoms with Crippen LogP contribution in [-0.4, -0.2) is 18.5 Å². The van der Waals surface area contributed by atoms with Crippen LogP contribution in [-0.2, 0) is 22.1 Å². The van der Waals surface area contributed by atoms with Gasteiger partial charge in [0.1, 0.15) is 17.1 Å². The van der Waals surface area contributed by atoms with Gasteiger partial charge in [0.15, 0.2) is 0 Å². The minimum absolute atomic E-state index is 0.0570. The SMILES string of the molecule is CCCOC(=O)c1ccc(Oc2c(C(F)(F)F)oc3cc(OC(=O)Cc4ccccc4)ccc3c2=O)cc1. The van der Waals surface area contributed by atoms with Crippen molar-refractivity contribution >= 4 is 22.9 Å². The summed E-state index contributed by atoms with van der Waals surface area (Å²) < 4.78 is 62.1. The Morgan fingerprint density at radius 3 is 2.26 bits per heavy atom. The van der Waals surface area contributed by atoms with Crippen molar-refractivity contribution in [2.45, 2.75) is 25.9 Å². The van der Waals surface area contributed by atoms with Gasteiger partial charge in [-0.3, -0.25) is 9.59 Å². The summed E-state index contributed by atoms with van der Waals surface area (Å²) in [5, 5.41) is -0.212. The van der Waals surface area contributed by atoms with Crippen LogP contribution in [0.4, 0.5) is 13.2 Å². The van der Waals surface area contributed by atoms with Crippen LogP contribution < -0.4 is 14.9 Å². The summed E-state index contributed by atoms with van der Waals surface area (Å²) in [5.74, 6) is -4.18. The minimum atomic E-state index is -5.08. The van der Waals surface area contributed by atoms with E-state index in [-0.39, 0.29) is 35.5 Å². The number of halogens is 3. The van der Waals surface area contributed by atoms with Gasteiger partial charge in [-0.1, -0.05) is 37.3 Å². The van der Waals surface area contributed by atoms with E-state index in [0.717, 1.165) is 6.07 Å². The van der Waals surface area contributed by atoms with E-state index < -0.39 is 40.6 Å². The molecular weight excluding hydrogens is 505 g/mol. The first-order chi connectivity index (χ1) is 18.2. The molecule has 0 atom stereocenters. The second-order valence-electron chi connectivity index (χ2n) is 8.14. The Bertz CT molecular complexity index is 1510. The average Bonchev–Trinajstić information content (AvgIpc) is 2.89. The molecule has 3 aromatic carbocycles. The normalized spacial score (nSPS) is 11.3. The zero-order valence-electron chi connectivity index (χ0n) is 20.0. The Balaban J connectivity index is 1.62. The number of carbonyl (C=O) groups excluding carboxylic acids is 2. The molecule has 0 aliphatic rings. The molecule has 7 nitrogen and oxygen atoms in total. The number of esters is 2. The fourth-order valence-electron chi connectivity index (χ4n) is 3.48. The lowest BCUT2D eigenvalue weighted by molar-refractivity contribution is -0.154. The Kier molecular flexibility index (Phi) is 7.80. The van der Waals surface area contributed by atoms with E-state index in [0.29, 0.717) is 12.0 Å². The van der Waals surface area contributed by atoms with Crippen molar-refractivity contribution in [1.29, 1.82) is 0 Å². The highest BCUT2D eigenvalue weighted by Gasteiger charge is 2.40. The first-order valence-electron chi connectivity index (χ1n) is 11.5. The Morgan fingerprint density at radius 2 is 1.61 bits per heavy atom. The highest BCUT2D eigenvalue weighted by atomic mass is 19.4. The van der Waals surface area contributed by atoms with Gasteiger partial charge in [-0.25, -0.2) is 4.79 Å². The van der Waals surface area contributed by atoms with Crippen LogP contribution in [0.25, 0.3) is 11.0 Å². The van der Waals surface area contributed by atoms with Crippen LogP contribution in [0.3, 0.4) is 0 Å². The molecule has 0 radical (unpaired) electrons. The van der Waals surface area contributed by atoms with E-state index in [2.05, 4.69) is 0 Å². The topological polar surface area (TPSA) is 92.0 Å². The number of benzene rings is 3. The van der Waals surface area contributed by atoms with Gasteiger partial charge >= 0.3 is 18.1 Å². The molecule has 1 heterocycles. The summed E-state index contributed by atoms with van der Waals surface area (Å²) in [6.07, 6.45) is -4.51. The van der Waals surface area contributed by atoms with E-state index in [1.807, 2.05) is 6.92 Å². The average molecular weight is 526 g/mol. The molecule has 196 valence electrons. The van der Waals surface area contributed by atoms with Crippen LogP contribution in [0.5, 0.6) is 17.2 Å². The maximum absolute atomic E-state index is 13.8. The summed E-state index contributed by atoms with van der Waals surface area (Å²) in [4.78, 5) is 37.2. The standard InChI is InChI=1S/C28H21F3O7/c1-2-14-35-27(34)18-8-10-19(11-9-18)37-25-24(33)21-13-12-20(16-22(21)38-26(25)28(29,30)31)36-23(32)15-17-6-4-3-5-7-17/h3-13,16H,2,14-15H2,1H3. The molecule has 0 saturated carbocycles. The third-order valence-electron chi connectivity index (χ3n) is 5.25. The number of hydrogen-bond donors (Lipinski definition) is 0. The molecule has 0 saturated heterocycles. The third-order valence-corrected chi connectivity index (χ3v) is 5.25. The predicted molar refractivity (Wildman–Crippen MR) is 130 cm³/mol. The third kappa shape index (κ3) is 6.20. The molecule has 4 rings (SSSR count). The molecule has 38 heavy (non-hydrogen) atoms. The van der Waals surface area contributed by atoms with Gasteiger partial charge in [0.2, 0.25) is 11.2 Å². The molecule has 0 aliphatic heterocycles. The molecule has 4 aromatic rings. The molecular formula is C28H21F3O7. The summed E-state index contributed by atoms with van der Waals surface area (Å²) in [5.41, 5.74) is -0.653. The highest BCUT2D eigenvalue weighted by molar-refractivity contribution is 5.89. The van der Waals surface area contributed by atoms with Crippen molar-refractivity contribution in [2.24, 2.45) is 0 Å². The number of rotatable bonds is 8. The van der Waals surface area contributed by atoms with Crippen LogP contribution in [0.1, 0.15) is 35.0 Å². The minimum Gasteiger partial charge on any atom is -0.462 e. The molecule has 10 heteroatoms. The van der Waals surface area contributed by atoms with E-state index in [1.54, 1.807) is 30.3 Å². The number of ether oxygens (including phenoxy) is 3. The van der Waals surface area contributed by atoms with Crippen LogP contribution in [0.2, 0.25) is 0 Å². The summed E-state index contributed by atoms with van der Waals surface area (Å²) in [6.45, 7) is 2.05. The van der Waals surface area contributed by atoms with Crippen molar-refractivity contribution in [2.75, 3.05) is 6.61 Å². The van der Waals surface area contributed by atoms with Gasteiger partial charge in [-0.2, -0.15) is 13.2 Å². The Labute approximate surface area is 214 Å². The lowest BCUT2D eigenvalue weighted by Gasteiger charge is -2.14. The lowest BCUT2D eigenvalue weighted by atomic mass is 10.1. The largest absolute Gasteiger partial charge is 0.462 e. The molecule has 0 spiro atoms. The second-order valence-corrected chi connectivity index (χ2v) is 8.14. The Morgan fingerprint density at radius 1 is 0.921 bits per heavy atom. The highest BCUT2D eigenvalue weighted by Crippen LogP contribution is 2.38. The van der Waals surface area contributed by atoms with E-state index in [4.69, 9.17) is 18.6 Å². The second kappa shape index (κ2) is 11.2. The number of hydrogen-bond acceptors (Lipinski definition) is 7. The molecule has 0 aliphatic carbocycles. The summed E-state index contributed by atoms with van der Waals surface area (Å²) >= 11 is 0. The number of carbonyl (C=O) groups is 2. The summed E-state index contributed by atoms with van der Waals surface area (Å²) in [7, 11) is 0. The zero-order chi connectivity index (χ0) is 27.3. The lowest BCUT2D eigenvalue weighted by Crippen LogP contribution is -2.16. The van der Waals surface area contributed by atoms with E-state index >= 15 is 0 Å². The van der Waals surface area contributed by atoms with Gasteiger partial charge < -0.3 is 18.6 Å². The van der Waals surface area contributed by atoms with E-state index in [1.165, 1.54) is 36.4 Å². The van der Waals surface area contributed by atoms with Crippen LogP contribution in [0, 0.1) is 0 Å². The van der Waals surface area contributed by atoms with Crippen molar-refractivity contribution < 1.29 is 41.4 Å². The molecule has 0 unspecified atom stereocenters. The first kappa shape index (κ1) is 26.5. The van der Waals surface area contributed by atoms with Crippen molar-refractivity contribution in [3.63, 3.8) is 0 Å². The van der Waals surface area contributed by atoms with Gasteiger partial charge in [-0.15, -0.1) is 0 Å². The van der Waals surface area contributed by atoms with Crippen molar-refractivity contribution in [3.05, 3.63) is 99.9 Å². The predicted octanol–water partition coefficient (Wildman–Crippen LogP) is 6.32. The van der Waals surface area contributed by atoms with Crippen molar-refractivity contribution in [3.8, 4) is 17.2 Å². The monoisotopic (exact) mass is 526 g/mol. The van der Waals surface area contributed by atoms with Gasteiger partial charge in [0, 0.05) is 6.07 Å². The summed E-state index contributed by atoms with van der Waals surface area (Å²) in [6, 6.07) is 17.3. The number of fused-ring (bicyclic) bond motifs is 1. The fraction of sp³-hybridized carbons (Fsp3) is 0.179. The maximum atomic E-state index is 13.8. The van der Waals surface area contributed by atoms with Crippen LogP contribution >= 0.6 is 0 Å². The fourth-order valence-corrected chi connectivity index (χ4v) is 3.48. The number of alkyl halides is 3. The van der Waals surface area contributed by atoms with Gasteiger partial charge in [-0.05, 0) is 48.4 Å². The Hall–Kier alpha value is -4.60. The van der Waals surface area contributed by atoms with Gasteiger partial charge in [0.05, 0.1) is 24.0 Å². The molecule has 1 aromatic heterocycles. The van der Waals surface area contributed by atoms with Crippen molar-refractivity contribution in [1.82, 2.24) is 0 Å². The zero-order valence-corrected chi connectivity index (χ0v) is 20.0. The smallest absolute Gasteiger partial charge is 0.453 e. The first-order valence-corrected chi connectivity index (χ1v) is 11.5. The van der Waals surface area contributed by atoms with Gasteiger partial charge in [0.25, 0.3) is 5.76 Å². The quantitative estimate of drug-likeness (QED) is 0.196. The molecule has 0 fully saturated rings. The maximum Gasteiger partial charge on any atom is 0.453 e. The van der Waals surface area contributed by atoms with E-state index in [9.17, 15) is 27.6 Å². The van der Waals surface area contributed by atoms with Crippen LogP contribution in [0.15, 0.2) is 82.0 Å².